The fraction of sp³-hybridized carbons (Fsp3) is 0.857. The molecule has 0 bridgehead atoms. The van der Waals surface area contributed by atoms with E-state index in [0.717, 1.165) is 32.5 Å². The fourth-order valence-electron chi connectivity index (χ4n) is 1.67. The standard InChI is InChI=1S/C14H30O2Si/c1-4-7-8-9-10-11-14-17(15-12-5-2)16-13-6-3/h4,17H,1,5-14H2,2-3H3. The molecule has 0 aromatic rings. The summed E-state index contributed by atoms with van der Waals surface area (Å²) >= 11 is 0. The van der Waals surface area contributed by atoms with Gasteiger partial charge in [0.1, 0.15) is 0 Å². The van der Waals surface area contributed by atoms with E-state index in [1.54, 1.807) is 0 Å². The first kappa shape index (κ1) is 16.9. The van der Waals surface area contributed by atoms with Crippen LogP contribution >= 0.6 is 0 Å². The quantitative estimate of drug-likeness (QED) is 0.280. The maximum absolute atomic E-state index is 5.82. The topological polar surface area (TPSA) is 18.5 Å². The van der Waals surface area contributed by atoms with E-state index in [1.165, 1.54) is 31.7 Å². The average molecular weight is 258 g/mol. The van der Waals surface area contributed by atoms with Crippen molar-refractivity contribution in [3.8, 4) is 0 Å². The summed E-state index contributed by atoms with van der Waals surface area (Å²) in [4.78, 5) is 0. The molecule has 102 valence electrons. The van der Waals surface area contributed by atoms with Crippen molar-refractivity contribution in [3.05, 3.63) is 12.7 Å². The molecule has 2 nitrogen and oxygen atoms in total. The molecule has 0 aromatic carbocycles. The maximum Gasteiger partial charge on any atom is 0.321 e. The number of hydrogen-bond donors (Lipinski definition) is 0. The molecule has 0 fully saturated rings. The van der Waals surface area contributed by atoms with Crippen LogP contribution in [0.25, 0.3) is 0 Å². The van der Waals surface area contributed by atoms with Crippen molar-refractivity contribution in [2.24, 2.45) is 0 Å². The summed E-state index contributed by atoms with van der Waals surface area (Å²) in [5.41, 5.74) is 0. The van der Waals surface area contributed by atoms with E-state index in [1.807, 2.05) is 6.08 Å². The van der Waals surface area contributed by atoms with E-state index in [2.05, 4.69) is 20.4 Å². The SMILES string of the molecule is C=CCCCCCC[SiH](OCCC)OCCC. The van der Waals surface area contributed by atoms with Gasteiger partial charge in [-0.15, -0.1) is 6.58 Å². The Kier molecular flexibility index (Phi) is 13.8. The average Bonchev–Trinajstić information content (AvgIpc) is 2.35. The highest BCUT2D eigenvalue weighted by Gasteiger charge is 2.11. The molecule has 0 amide bonds. The molecule has 0 heterocycles. The van der Waals surface area contributed by atoms with E-state index in [9.17, 15) is 0 Å². The van der Waals surface area contributed by atoms with Gasteiger partial charge in [0.25, 0.3) is 0 Å². The van der Waals surface area contributed by atoms with Gasteiger partial charge < -0.3 is 8.85 Å². The highest BCUT2D eigenvalue weighted by atomic mass is 28.3. The van der Waals surface area contributed by atoms with Gasteiger partial charge in [0, 0.05) is 13.2 Å². The second-order valence-electron chi connectivity index (χ2n) is 4.45. The molecule has 0 spiro atoms. The zero-order valence-electron chi connectivity index (χ0n) is 11.7. The molecule has 0 saturated heterocycles. The Morgan fingerprint density at radius 2 is 1.53 bits per heavy atom. The monoisotopic (exact) mass is 258 g/mol. The first-order chi connectivity index (χ1) is 8.35. The van der Waals surface area contributed by atoms with Crippen molar-refractivity contribution >= 4 is 9.28 Å². The van der Waals surface area contributed by atoms with Crippen LogP contribution in [-0.4, -0.2) is 22.5 Å². The second-order valence-corrected chi connectivity index (χ2v) is 6.55. The summed E-state index contributed by atoms with van der Waals surface area (Å²) in [6.45, 7) is 9.79. The van der Waals surface area contributed by atoms with Crippen LogP contribution in [0.4, 0.5) is 0 Å². The lowest BCUT2D eigenvalue weighted by Crippen LogP contribution is -2.23. The molecule has 3 heteroatoms. The Bertz CT molecular complexity index is 154. The minimum absolute atomic E-state index is 0.872. The normalized spacial score (nSPS) is 11.0. The lowest BCUT2D eigenvalue weighted by molar-refractivity contribution is 0.195. The lowest BCUT2D eigenvalue weighted by Gasteiger charge is -2.15. The molecular weight excluding hydrogens is 228 g/mol. The van der Waals surface area contributed by atoms with Gasteiger partial charge in [0.15, 0.2) is 0 Å². The van der Waals surface area contributed by atoms with Crippen LogP contribution in [0.5, 0.6) is 0 Å². The van der Waals surface area contributed by atoms with Gasteiger partial charge in [-0.05, 0) is 31.7 Å². The van der Waals surface area contributed by atoms with Crippen molar-refractivity contribution < 1.29 is 8.85 Å². The van der Waals surface area contributed by atoms with Crippen LogP contribution < -0.4 is 0 Å². The molecule has 0 aliphatic carbocycles. The van der Waals surface area contributed by atoms with E-state index >= 15 is 0 Å². The summed E-state index contributed by atoms with van der Waals surface area (Å²) in [5, 5.41) is 0. The third kappa shape index (κ3) is 12.1. The third-order valence-electron chi connectivity index (χ3n) is 2.61. The molecule has 17 heavy (non-hydrogen) atoms. The Hall–Kier alpha value is -0.123. The molecule has 0 rings (SSSR count). The first-order valence-electron chi connectivity index (χ1n) is 7.19. The van der Waals surface area contributed by atoms with Gasteiger partial charge in [-0.1, -0.05) is 39.2 Å². The molecule has 0 aromatic heterocycles. The van der Waals surface area contributed by atoms with E-state index in [4.69, 9.17) is 8.85 Å². The van der Waals surface area contributed by atoms with Crippen molar-refractivity contribution in [1.82, 2.24) is 0 Å². The Balaban J connectivity index is 3.48. The van der Waals surface area contributed by atoms with E-state index in [0.29, 0.717) is 0 Å². The lowest BCUT2D eigenvalue weighted by atomic mass is 10.1. The molecule has 0 N–H and O–H groups in total. The van der Waals surface area contributed by atoms with Crippen molar-refractivity contribution in [2.75, 3.05) is 13.2 Å². The zero-order valence-corrected chi connectivity index (χ0v) is 12.9. The van der Waals surface area contributed by atoms with Crippen molar-refractivity contribution in [1.29, 1.82) is 0 Å². The van der Waals surface area contributed by atoms with Crippen molar-refractivity contribution in [2.45, 2.75) is 64.8 Å². The predicted octanol–water partition coefficient (Wildman–Crippen LogP) is 4.20. The molecule has 0 aliphatic rings. The maximum atomic E-state index is 5.82. The second kappa shape index (κ2) is 13.9. The van der Waals surface area contributed by atoms with Gasteiger partial charge in [-0.2, -0.15) is 0 Å². The van der Waals surface area contributed by atoms with Gasteiger partial charge >= 0.3 is 9.28 Å². The van der Waals surface area contributed by atoms with Crippen LogP contribution in [-0.2, 0) is 8.85 Å². The third-order valence-corrected chi connectivity index (χ3v) is 4.71. The molecule has 0 unspecified atom stereocenters. The van der Waals surface area contributed by atoms with Crippen LogP contribution in [0.3, 0.4) is 0 Å². The molecular formula is C14H30O2Si. The summed E-state index contributed by atoms with van der Waals surface area (Å²) in [6, 6.07) is 1.17. The largest absolute Gasteiger partial charge is 0.397 e. The van der Waals surface area contributed by atoms with Crippen LogP contribution in [0.1, 0.15) is 58.8 Å². The molecule has 0 atom stereocenters. The molecule has 0 aliphatic heterocycles. The summed E-state index contributed by atoms with van der Waals surface area (Å²) in [7, 11) is -1.35. The zero-order chi connectivity index (χ0) is 12.8. The minimum atomic E-state index is -1.35. The van der Waals surface area contributed by atoms with E-state index in [-0.39, 0.29) is 0 Å². The Morgan fingerprint density at radius 1 is 0.941 bits per heavy atom. The van der Waals surface area contributed by atoms with Gasteiger partial charge in [-0.3, -0.25) is 0 Å². The Morgan fingerprint density at radius 3 is 2.06 bits per heavy atom. The minimum Gasteiger partial charge on any atom is -0.397 e. The van der Waals surface area contributed by atoms with Crippen molar-refractivity contribution in [3.63, 3.8) is 0 Å². The highest BCUT2D eigenvalue weighted by Crippen LogP contribution is 2.10. The van der Waals surface area contributed by atoms with E-state index < -0.39 is 9.28 Å². The fourth-order valence-corrected chi connectivity index (χ4v) is 3.72. The smallest absolute Gasteiger partial charge is 0.321 e. The first-order valence-corrected chi connectivity index (χ1v) is 8.95. The van der Waals surface area contributed by atoms with Crippen LogP contribution in [0, 0.1) is 0 Å². The van der Waals surface area contributed by atoms with Gasteiger partial charge in [-0.25, -0.2) is 0 Å². The molecule has 0 radical (unpaired) electrons. The molecule has 0 saturated carbocycles. The number of allylic oxidation sites excluding steroid dienone is 1. The van der Waals surface area contributed by atoms with Crippen LogP contribution in [0.15, 0.2) is 12.7 Å². The van der Waals surface area contributed by atoms with Crippen LogP contribution in [0.2, 0.25) is 6.04 Å². The number of hydrogen-bond acceptors (Lipinski definition) is 2. The Labute approximate surface area is 109 Å². The summed E-state index contributed by atoms with van der Waals surface area (Å²) in [5.74, 6) is 0. The highest BCUT2D eigenvalue weighted by molar-refractivity contribution is 6.44. The predicted molar refractivity (Wildman–Crippen MR) is 77.7 cm³/mol. The van der Waals surface area contributed by atoms with Gasteiger partial charge in [0.2, 0.25) is 0 Å². The number of unbranched alkanes of at least 4 members (excludes halogenated alkanes) is 4. The number of rotatable bonds is 13. The summed E-state index contributed by atoms with van der Waals surface area (Å²) < 4.78 is 11.6. The van der Waals surface area contributed by atoms with Gasteiger partial charge in [0.05, 0.1) is 0 Å². The summed E-state index contributed by atoms with van der Waals surface area (Å²) in [6.07, 6.45) is 10.5.